The summed E-state index contributed by atoms with van der Waals surface area (Å²) in [6.07, 6.45) is 3.58. The third-order valence-electron chi connectivity index (χ3n) is 4.86. The normalized spacial score (nSPS) is 13.8. The number of hydrogen-bond donors (Lipinski definition) is 1. The maximum absolute atomic E-state index is 12.9. The number of nitrogens with one attached hydrogen (secondary N) is 1. The fourth-order valence-electron chi connectivity index (χ4n) is 3.53. The first kappa shape index (κ1) is 20.6. The van der Waals surface area contributed by atoms with Crippen molar-refractivity contribution in [2.24, 2.45) is 0 Å². The van der Waals surface area contributed by atoms with Gasteiger partial charge >= 0.3 is 6.18 Å². The van der Waals surface area contributed by atoms with E-state index in [4.69, 9.17) is 0 Å². The summed E-state index contributed by atoms with van der Waals surface area (Å²) in [4.78, 5) is 29.2. The number of alkyl halides is 3. The predicted molar refractivity (Wildman–Crippen MR) is 112 cm³/mol. The van der Waals surface area contributed by atoms with Crippen LogP contribution in [0.1, 0.15) is 29.6 Å². The number of nitrogens with zero attached hydrogens (tertiary/aromatic N) is 2. The van der Waals surface area contributed by atoms with Crippen LogP contribution in [0, 0.1) is 0 Å². The summed E-state index contributed by atoms with van der Waals surface area (Å²) in [5.41, 5.74) is 0.729. The van der Waals surface area contributed by atoms with Gasteiger partial charge in [0.15, 0.2) is 11.2 Å². The molecule has 0 atom stereocenters. The maximum atomic E-state index is 12.9. The molecular weight excluding hydrogens is 407 g/mol. The van der Waals surface area contributed by atoms with Crippen molar-refractivity contribution in [1.29, 1.82) is 0 Å². The number of hydrogen-bond acceptors (Lipinski definition) is 4. The Balaban J connectivity index is 2.01. The average molecular weight is 425 g/mol. The minimum absolute atomic E-state index is 0.0654. The number of anilines is 1. The number of aromatic nitrogens is 2. The van der Waals surface area contributed by atoms with Gasteiger partial charge in [-0.1, -0.05) is 30.4 Å². The fraction of sp³-hybridized carbons (Fsp3) is 0.174. The van der Waals surface area contributed by atoms with Crippen molar-refractivity contribution < 1.29 is 18.0 Å². The molecule has 0 radical (unpaired) electrons. The second kappa shape index (κ2) is 8.22. The Morgan fingerprint density at radius 1 is 1.13 bits per heavy atom. The van der Waals surface area contributed by atoms with Crippen LogP contribution in [0.5, 0.6) is 0 Å². The Hall–Kier alpha value is -3.68. The summed E-state index contributed by atoms with van der Waals surface area (Å²) in [7, 11) is 0. The molecule has 1 aromatic carbocycles. The average Bonchev–Trinajstić information content (AvgIpc) is 2.74. The number of fused-ring (bicyclic) bond motifs is 1. The Labute approximate surface area is 175 Å². The molecule has 158 valence electrons. The number of ketones is 1. The van der Waals surface area contributed by atoms with Gasteiger partial charge in [0, 0.05) is 29.8 Å². The maximum Gasteiger partial charge on any atom is 0.396 e. The van der Waals surface area contributed by atoms with E-state index in [9.17, 15) is 22.8 Å². The van der Waals surface area contributed by atoms with Gasteiger partial charge in [-0.25, -0.2) is 0 Å². The topological polar surface area (TPSA) is 64.0 Å². The fourth-order valence-corrected chi connectivity index (χ4v) is 3.53. The van der Waals surface area contributed by atoms with Crippen LogP contribution in [-0.2, 0) is 0 Å². The number of pyridine rings is 2. The van der Waals surface area contributed by atoms with Crippen molar-refractivity contribution in [3.05, 3.63) is 88.5 Å². The zero-order chi connectivity index (χ0) is 22.0. The summed E-state index contributed by atoms with van der Waals surface area (Å²) >= 11 is 0. The third kappa shape index (κ3) is 4.42. The molecule has 0 saturated heterocycles. The van der Waals surface area contributed by atoms with Crippen LogP contribution in [0.2, 0.25) is 0 Å². The van der Waals surface area contributed by atoms with Gasteiger partial charge in [-0.05, 0) is 31.1 Å². The SMILES string of the molecule is O=C(CC(F)(F)F)c1cncc2c(=O)cc(NC3=CCCC=C3)n(-c3ccccc3)c12. The Kier molecular flexibility index (Phi) is 5.46. The molecule has 8 heteroatoms. The molecule has 0 amide bonds. The summed E-state index contributed by atoms with van der Waals surface area (Å²) in [6, 6.07) is 10.2. The van der Waals surface area contributed by atoms with Crippen LogP contribution in [0.25, 0.3) is 16.6 Å². The largest absolute Gasteiger partial charge is 0.396 e. The van der Waals surface area contributed by atoms with Crippen LogP contribution in [0.15, 0.2) is 77.5 Å². The highest BCUT2D eigenvalue weighted by atomic mass is 19.4. The van der Waals surface area contributed by atoms with Crippen molar-refractivity contribution in [2.45, 2.75) is 25.4 Å². The summed E-state index contributed by atoms with van der Waals surface area (Å²) in [5.74, 6) is -0.808. The third-order valence-corrected chi connectivity index (χ3v) is 4.86. The molecule has 0 saturated carbocycles. The molecule has 0 aliphatic heterocycles. The van der Waals surface area contributed by atoms with E-state index in [1.165, 1.54) is 12.3 Å². The number of rotatable bonds is 5. The van der Waals surface area contributed by atoms with Crippen LogP contribution >= 0.6 is 0 Å². The molecule has 31 heavy (non-hydrogen) atoms. The van der Waals surface area contributed by atoms with E-state index in [0.717, 1.165) is 24.7 Å². The molecule has 3 aromatic rings. The monoisotopic (exact) mass is 425 g/mol. The van der Waals surface area contributed by atoms with E-state index in [-0.39, 0.29) is 16.5 Å². The predicted octanol–water partition coefficient (Wildman–Crippen LogP) is 5.17. The number of allylic oxidation sites excluding steroid dienone is 3. The standard InChI is InChI=1S/C23H18F3N3O2/c24-23(25,26)12-20(31)18-14-27-13-17-19(30)11-21(28-15-7-3-1-4-8-15)29(22(17)18)16-9-5-2-6-10-16/h2-3,5-11,13-14,28H,1,4,12H2. The van der Waals surface area contributed by atoms with E-state index < -0.39 is 23.8 Å². The van der Waals surface area contributed by atoms with Gasteiger partial charge in [-0.15, -0.1) is 0 Å². The van der Waals surface area contributed by atoms with Crippen molar-refractivity contribution in [3.63, 3.8) is 0 Å². The van der Waals surface area contributed by atoms with E-state index in [2.05, 4.69) is 10.3 Å². The summed E-state index contributed by atoms with van der Waals surface area (Å²) in [6.45, 7) is 0. The van der Waals surface area contributed by atoms with Gasteiger partial charge in [-0.2, -0.15) is 13.2 Å². The Morgan fingerprint density at radius 2 is 1.90 bits per heavy atom. The lowest BCUT2D eigenvalue weighted by molar-refractivity contribution is -0.125. The quantitative estimate of drug-likeness (QED) is 0.573. The lowest BCUT2D eigenvalue weighted by Crippen LogP contribution is -2.20. The van der Waals surface area contributed by atoms with Crippen molar-refractivity contribution in [3.8, 4) is 5.69 Å². The number of carbonyl (C=O) groups excluding carboxylic acids is 1. The minimum Gasteiger partial charge on any atom is -0.342 e. The molecule has 2 heterocycles. The van der Waals surface area contributed by atoms with Gasteiger partial charge in [-0.3, -0.25) is 19.1 Å². The van der Waals surface area contributed by atoms with Crippen molar-refractivity contribution >= 4 is 22.5 Å². The Morgan fingerprint density at radius 3 is 2.58 bits per heavy atom. The molecule has 0 fully saturated rings. The molecule has 4 rings (SSSR count). The van der Waals surface area contributed by atoms with Crippen LogP contribution < -0.4 is 10.7 Å². The highest BCUT2D eigenvalue weighted by molar-refractivity contribution is 6.07. The molecular formula is C23H18F3N3O2. The minimum atomic E-state index is -4.68. The number of benzene rings is 1. The zero-order valence-electron chi connectivity index (χ0n) is 16.3. The van der Waals surface area contributed by atoms with Crippen molar-refractivity contribution in [2.75, 3.05) is 5.32 Å². The van der Waals surface area contributed by atoms with Crippen molar-refractivity contribution in [1.82, 2.24) is 9.55 Å². The van der Waals surface area contributed by atoms with E-state index in [0.29, 0.717) is 11.5 Å². The summed E-state index contributed by atoms with van der Waals surface area (Å²) < 4.78 is 40.4. The van der Waals surface area contributed by atoms with E-state index >= 15 is 0 Å². The summed E-state index contributed by atoms with van der Waals surface area (Å²) in [5, 5.41) is 3.24. The number of Topliss-reactive ketones (excluding diaryl/α,β-unsaturated/α-hetero) is 1. The molecule has 1 aliphatic rings. The van der Waals surface area contributed by atoms with Gasteiger partial charge < -0.3 is 5.32 Å². The molecule has 0 bridgehead atoms. The van der Waals surface area contributed by atoms with Gasteiger partial charge in [0.25, 0.3) is 0 Å². The second-order valence-corrected chi connectivity index (χ2v) is 7.13. The molecule has 1 N–H and O–H groups in total. The van der Waals surface area contributed by atoms with Crippen LogP contribution in [0.4, 0.5) is 19.0 Å². The first-order valence-electron chi connectivity index (χ1n) is 9.66. The Bertz CT molecular complexity index is 1260. The second-order valence-electron chi connectivity index (χ2n) is 7.13. The van der Waals surface area contributed by atoms with Crippen LogP contribution in [0.3, 0.4) is 0 Å². The van der Waals surface area contributed by atoms with Gasteiger partial charge in [0.05, 0.1) is 16.5 Å². The number of carbonyl (C=O) groups is 1. The van der Waals surface area contributed by atoms with E-state index in [1.54, 1.807) is 34.9 Å². The van der Waals surface area contributed by atoms with Gasteiger partial charge in [0.2, 0.25) is 0 Å². The number of para-hydroxylation sites is 1. The van der Waals surface area contributed by atoms with Gasteiger partial charge in [0.1, 0.15) is 12.2 Å². The molecule has 5 nitrogen and oxygen atoms in total. The number of halogens is 3. The first-order valence-corrected chi connectivity index (χ1v) is 9.66. The molecule has 0 unspecified atom stereocenters. The highest BCUT2D eigenvalue weighted by Crippen LogP contribution is 2.29. The first-order chi connectivity index (χ1) is 14.8. The smallest absolute Gasteiger partial charge is 0.342 e. The van der Waals surface area contributed by atoms with E-state index in [1.807, 2.05) is 18.2 Å². The molecule has 2 aromatic heterocycles. The molecule has 1 aliphatic carbocycles. The van der Waals surface area contributed by atoms with Crippen LogP contribution in [-0.4, -0.2) is 21.5 Å². The highest BCUT2D eigenvalue weighted by Gasteiger charge is 2.33. The molecule has 0 spiro atoms. The lowest BCUT2D eigenvalue weighted by atomic mass is 10.1. The lowest BCUT2D eigenvalue weighted by Gasteiger charge is -2.21. The zero-order valence-corrected chi connectivity index (χ0v) is 16.3.